The molecule has 5 nitrogen and oxygen atoms in total. The van der Waals surface area contributed by atoms with Crippen molar-refractivity contribution in [1.82, 2.24) is 15.4 Å². The van der Waals surface area contributed by atoms with E-state index in [9.17, 15) is 4.79 Å². The fourth-order valence-corrected chi connectivity index (χ4v) is 1.97. The highest BCUT2D eigenvalue weighted by molar-refractivity contribution is 5.81. The van der Waals surface area contributed by atoms with E-state index in [0.29, 0.717) is 6.54 Å². The summed E-state index contributed by atoms with van der Waals surface area (Å²) in [7, 11) is 1.80. The molecule has 2 heterocycles. The third-order valence-electron chi connectivity index (χ3n) is 2.81. The molecule has 0 spiro atoms. The predicted octanol–water partition coefficient (Wildman–Crippen LogP) is 0.693. The Morgan fingerprint density at radius 1 is 1.75 bits per heavy atom. The Balaban J connectivity index is 1.91. The molecule has 1 amide bonds. The monoisotopic (exact) mass is 223 g/mol. The molecule has 0 bridgehead atoms. The number of rotatable bonds is 3. The highest BCUT2D eigenvalue weighted by Gasteiger charge is 2.25. The number of nitrogens with one attached hydrogen (secondary N) is 1. The first-order valence-corrected chi connectivity index (χ1v) is 5.57. The zero-order chi connectivity index (χ0) is 11.5. The van der Waals surface area contributed by atoms with E-state index < -0.39 is 0 Å². The average Bonchev–Trinajstić information content (AvgIpc) is 2.88. The highest BCUT2D eigenvalue weighted by Crippen LogP contribution is 2.10. The Hall–Kier alpha value is -1.36. The van der Waals surface area contributed by atoms with E-state index in [1.165, 1.54) is 0 Å². The third-order valence-corrected chi connectivity index (χ3v) is 2.81. The third kappa shape index (κ3) is 2.41. The first-order valence-electron chi connectivity index (χ1n) is 5.57. The van der Waals surface area contributed by atoms with E-state index in [1.54, 1.807) is 11.9 Å². The van der Waals surface area contributed by atoms with Gasteiger partial charge in [-0.25, -0.2) is 0 Å². The van der Waals surface area contributed by atoms with Crippen LogP contribution in [0.5, 0.6) is 0 Å². The molecule has 2 rings (SSSR count). The normalized spacial score (nSPS) is 20.0. The number of hydrogen-bond acceptors (Lipinski definition) is 4. The van der Waals surface area contributed by atoms with Crippen molar-refractivity contribution in [3.8, 4) is 0 Å². The summed E-state index contributed by atoms with van der Waals surface area (Å²) in [4.78, 5) is 13.7. The van der Waals surface area contributed by atoms with Gasteiger partial charge in [0.25, 0.3) is 0 Å². The topological polar surface area (TPSA) is 58.4 Å². The largest absolute Gasteiger partial charge is 0.361 e. The highest BCUT2D eigenvalue weighted by atomic mass is 16.5. The van der Waals surface area contributed by atoms with Gasteiger partial charge >= 0.3 is 0 Å². The summed E-state index contributed by atoms with van der Waals surface area (Å²) in [6.07, 6.45) is 2.01. The average molecular weight is 223 g/mol. The second-order valence-corrected chi connectivity index (χ2v) is 4.27. The van der Waals surface area contributed by atoms with Crippen LogP contribution in [0.15, 0.2) is 10.6 Å². The zero-order valence-electron chi connectivity index (χ0n) is 9.69. The first kappa shape index (κ1) is 11.1. The molecule has 0 saturated carbocycles. The van der Waals surface area contributed by atoms with Crippen LogP contribution >= 0.6 is 0 Å². The van der Waals surface area contributed by atoms with Crippen LogP contribution in [0.1, 0.15) is 24.3 Å². The molecule has 1 unspecified atom stereocenters. The molecular formula is C11H17N3O2. The summed E-state index contributed by atoms with van der Waals surface area (Å²) < 4.78 is 4.97. The molecule has 1 aliphatic heterocycles. The van der Waals surface area contributed by atoms with Crippen molar-refractivity contribution >= 4 is 5.91 Å². The minimum atomic E-state index is -0.0157. The van der Waals surface area contributed by atoms with Crippen molar-refractivity contribution in [2.45, 2.75) is 32.4 Å². The van der Waals surface area contributed by atoms with Gasteiger partial charge in [0.2, 0.25) is 5.91 Å². The van der Waals surface area contributed by atoms with E-state index in [1.807, 2.05) is 13.0 Å². The number of aryl methyl sites for hydroxylation is 1. The molecule has 0 radical (unpaired) electrons. The van der Waals surface area contributed by atoms with Gasteiger partial charge < -0.3 is 14.7 Å². The SMILES string of the molecule is Cc1cc(CN(C)C(=O)C2CCCN2)no1. The van der Waals surface area contributed by atoms with Gasteiger partial charge in [0.1, 0.15) is 11.5 Å². The second-order valence-electron chi connectivity index (χ2n) is 4.27. The Kier molecular flexibility index (Phi) is 3.24. The van der Waals surface area contributed by atoms with Crippen LogP contribution in [-0.4, -0.2) is 35.6 Å². The van der Waals surface area contributed by atoms with E-state index in [2.05, 4.69) is 10.5 Å². The van der Waals surface area contributed by atoms with Crippen molar-refractivity contribution in [3.05, 3.63) is 17.5 Å². The quantitative estimate of drug-likeness (QED) is 0.819. The fraction of sp³-hybridized carbons (Fsp3) is 0.636. The summed E-state index contributed by atoms with van der Waals surface area (Å²) in [6, 6.07) is 1.84. The predicted molar refractivity (Wildman–Crippen MR) is 58.7 cm³/mol. The van der Waals surface area contributed by atoms with Crippen LogP contribution in [-0.2, 0) is 11.3 Å². The molecule has 1 fully saturated rings. The molecule has 1 atom stereocenters. The van der Waals surface area contributed by atoms with Crippen molar-refractivity contribution in [2.24, 2.45) is 0 Å². The van der Waals surface area contributed by atoms with E-state index in [0.717, 1.165) is 30.8 Å². The maximum Gasteiger partial charge on any atom is 0.239 e. The maximum atomic E-state index is 12.0. The van der Waals surface area contributed by atoms with Gasteiger partial charge in [0, 0.05) is 13.1 Å². The van der Waals surface area contributed by atoms with Crippen LogP contribution in [0, 0.1) is 6.92 Å². The van der Waals surface area contributed by atoms with Crippen LogP contribution in [0.25, 0.3) is 0 Å². The molecule has 88 valence electrons. The smallest absolute Gasteiger partial charge is 0.239 e. The lowest BCUT2D eigenvalue weighted by atomic mass is 10.2. The molecule has 0 aromatic carbocycles. The Morgan fingerprint density at radius 2 is 2.56 bits per heavy atom. The first-order chi connectivity index (χ1) is 7.66. The summed E-state index contributed by atoms with van der Waals surface area (Å²) in [5.41, 5.74) is 0.798. The van der Waals surface area contributed by atoms with Crippen molar-refractivity contribution in [3.63, 3.8) is 0 Å². The van der Waals surface area contributed by atoms with Crippen LogP contribution in [0.4, 0.5) is 0 Å². The number of likely N-dealkylation sites (N-methyl/N-ethyl adjacent to an activating group) is 1. The van der Waals surface area contributed by atoms with Gasteiger partial charge in [-0.3, -0.25) is 4.79 Å². The van der Waals surface area contributed by atoms with Crippen LogP contribution in [0.3, 0.4) is 0 Å². The number of aromatic nitrogens is 1. The van der Waals surface area contributed by atoms with Gasteiger partial charge in [-0.1, -0.05) is 5.16 Å². The Bertz CT molecular complexity index is 369. The van der Waals surface area contributed by atoms with Gasteiger partial charge in [-0.2, -0.15) is 0 Å². The standard InChI is InChI=1S/C11H17N3O2/c1-8-6-9(13-16-8)7-14(2)11(15)10-4-3-5-12-10/h6,10,12H,3-5,7H2,1-2H3. The zero-order valence-corrected chi connectivity index (χ0v) is 9.69. The second kappa shape index (κ2) is 4.65. The van der Waals surface area contributed by atoms with Gasteiger partial charge in [-0.05, 0) is 26.3 Å². The van der Waals surface area contributed by atoms with E-state index in [-0.39, 0.29) is 11.9 Å². The van der Waals surface area contributed by atoms with E-state index in [4.69, 9.17) is 4.52 Å². The molecule has 1 saturated heterocycles. The molecule has 1 aromatic rings. The lowest BCUT2D eigenvalue weighted by Crippen LogP contribution is -2.41. The summed E-state index contributed by atoms with van der Waals surface area (Å²) >= 11 is 0. The van der Waals surface area contributed by atoms with Gasteiger partial charge in [0.05, 0.1) is 12.6 Å². The number of carbonyl (C=O) groups excluding carboxylic acids is 1. The molecule has 5 heteroatoms. The molecule has 1 aromatic heterocycles. The minimum Gasteiger partial charge on any atom is -0.361 e. The number of nitrogens with zero attached hydrogens (tertiary/aromatic N) is 2. The molecule has 1 aliphatic rings. The summed E-state index contributed by atoms with van der Waals surface area (Å²) in [5.74, 6) is 0.910. The Labute approximate surface area is 94.8 Å². The van der Waals surface area contributed by atoms with Gasteiger partial charge in [-0.15, -0.1) is 0 Å². The summed E-state index contributed by atoms with van der Waals surface area (Å²) in [6.45, 7) is 3.29. The number of carbonyl (C=O) groups is 1. The van der Waals surface area contributed by atoms with Crippen molar-refractivity contribution < 1.29 is 9.32 Å². The van der Waals surface area contributed by atoms with Crippen molar-refractivity contribution in [2.75, 3.05) is 13.6 Å². The van der Waals surface area contributed by atoms with Crippen LogP contribution < -0.4 is 5.32 Å². The lowest BCUT2D eigenvalue weighted by Gasteiger charge is -2.19. The number of hydrogen-bond donors (Lipinski definition) is 1. The molecule has 0 aliphatic carbocycles. The molecule has 16 heavy (non-hydrogen) atoms. The fourth-order valence-electron chi connectivity index (χ4n) is 1.97. The molecule has 1 N–H and O–H groups in total. The number of amides is 1. The lowest BCUT2D eigenvalue weighted by molar-refractivity contribution is -0.132. The molecular weight excluding hydrogens is 206 g/mol. The summed E-state index contributed by atoms with van der Waals surface area (Å²) in [5, 5.41) is 7.07. The van der Waals surface area contributed by atoms with Gasteiger partial charge in [0.15, 0.2) is 0 Å². The van der Waals surface area contributed by atoms with Crippen LogP contribution in [0.2, 0.25) is 0 Å². The van der Waals surface area contributed by atoms with Crippen molar-refractivity contribution in [1.29, 1.82) is 0 Å². The minimum absolute atomic E-state index is 0.0157. The Morgan fingerprint density at radius 3 is 3.12 bits per heavy atom. The van der Waals surface area contributed by atoms with E-state index >= 15 is 0 Å². The maximum absolute atomic E-state index is 12.0.